The Hall–Kier alpha value is -2.37. The van der Waals surface area contributed by atoms with E-state index >= 15 is 0 Å². The number of carbonyl (C=O) groups excluding carboxylic acids is 1. The maximum absolute atomic E-state index is 11.7. The Morgan fingerprint density at radius 1 is 1.50 bits per heavy atom. The molecule has 0 fully saturated rings. The molecule has 1 aromatic heterocycles. The van der Waals surface area contributed by atoms with Crippen LogP contribution in [0.15, 0.2) is 18.2 Å². The van der Waals surface area contributed by atoms with Gasteiger partial charge in [-0.15, -0.1) is 0 Å². The van der Waals surface area contributed by atoms with E-state index in [9.17, 15) is 4.79 Å². The SMILES string of the molecule is CCOC(=O)c1ccc2c(c1)-c1n[nH]nc1CO2. The second kappa shape index (κ2) is 4.14. The first-order valence-electron chi connectivity index (χ1n) is 5.63. The summed E-state index contributed by atoms with van der Waals surface area (Å²) in [6, 6.07) is 5.15. The van der Waals surface area contributed by atoms with Crippen molar-refractivity contribution >= 4 is 5.97 Å². The predicted molar refractivity (Wildman–Crippen MR) is 62.1 cm³/mol. The summed E-state index contributed by atoms with van der Waals surface area (Å²) < 4.78 is 10.5. The van der Waals surface area contributed by atoms with Gasteiger partial charge in [-0.1, -0.05) is 0 Å². The zero-order valence-electron chi connectivity index (χ0n) is 9.77. The van der Waals surface area contributed by atoms with Crippen LogP contribution >= 0.6 is 0 Å². The van der Waals surface area contributed by atoms with Gasteiger partial charge in [0.15, 0.2) is 0 Å². The zero-order valence-corrected chi connectivity index (χ0v) is 9.77. The Bertz CT molecular complexity index is 606. The summed E-state index contributed by atoms with van der Waals surface area (Å²) in [5, 5.41) is 10.6. The van der Waals surface area contributed by atoms with Crippen LogP contribution in [0, 0.1) is 0 Å². The van der Waals surface area contributed by atoms with Gasteiger partial charge in [-0.3, -0.25) is 0 Å². The highest BCUT2D eigenvalue weighted by atomic mass is 16.5. The zero-order chi connectivity index (χ0) is 12.5. The molecule has 0 radical (unpaired) electrons. The highest BCUT2D eigenvalue weighted by Crippen LogP contribution is 2.35. The van der Waals surface area contributed by atoms with Gasteiger partial charge >= 0.3 is 5.97 Å². The Morgan fingerprint density at radius 2 is 2.39 bits per heavy atom. The summed E-state index contributed by atoms with van der Waals surface area (Å²) in [6.07, 6.45) is 0. The van der Waals surface area contributed by atoms with E-state index < -0.39 is 0 Å². The third kappa shape index (κ3) is 1.62. The molecule has 1 aliphatic heterocycles. The van der Waals surface area contributed by atoms with Gasteiger partial charge in [0.2, 0.25) is 0 Å². The first kappa shape index (κ1) is 10.8. The molecule has 6 heteroatoms. The molecular weight excluding hydrogens is 234 g/mol. The molecule has 1 N–H and O–H groups in total. The number of hydrogen-bond acceptors (Lipinski definition) is 5. The van der Waals surface area contributed by atoms with Gasteiger partial charge < -0.3 is 9.47 Å². The number of hydrogen-bond donors (Lipinski definition) is 1. The number of ether oxygens (including phenoxy) is 2. The molecule has 0 saturated carbocycles. The second-order valence-electron chi connectivity index (χ2n) is 3.84. The average Bonchev–Trinajstić information content (AvgIpc) is 2.87. The Morgan fingerprint density at radius 3 is 3.22 bits per heavy atom. The van der Waals surface area contributed by atoms with E-state index in [0.717, 1.165) is 17.0 Å². The highest BCUT2D eigenvalue weighted by Gasteiger charge is 2.22. The number of aromatic amines is 1. The standard InChI is InChI=1S/C12H11N3O3/c1-2-17-12(16)7-3-4-10-8(5-7)11-9(6-18-10)13-15-14-11/h3-5H,2,6H2,1H3,(H,13,14,15). The number of nitrogens with one attached hydrogen (secondary N) is 1. The molecule has 1 aliphatic rings. The minimum atomic E-state index is -0.351. The average molecular weight is 245 g/mol. The molecule has 0 saturated heterocycles. The van der Waals surface area contributed by atoms with E-state index in [1.807, 2.05) is 0 Å². The molecule has 18 heavy (non-hydrogen) atoms. The van der Waals surface area contributed by atoms with Gasteiger partial charge in [-0.2, -0.15) is 15.4 Å². The highest BCUT2D eigenvalue weighted by molar-refractivity contribution is 5.92. The van der Waals surface area contributed by atoms with Crippen molar-refractivity contribution < 1.29 is 14.3 Å². The lowest BCUT2D eigenvalue weighted by atomic mass is 10.0. The number of carbonyl (C=O) groups is 1. The normalized spacial score (nSPS) is 12.3. The summed E-state index contributed by atoms with van der Waals surface area (Å²) in [4.78, 5) is 11.7. The number of aromatic nitrogens is 3. The van der Waals surface area contributed by atoms with Crippen LogP contribution < -0.4 is 4.74 Å². The van der Waals surface area contributed by atoms with Gasteiger partial charge in [0.25, 0.3) is 0 Å². The smallest absolute Gasteiger partial charge is 0.338 e. The van der Waals surface area contributed by atoms with Crippen molar-refractivity contribution in [3.8, 4) is 17.0 Å². The molecule has 0 atom stereocenters. The van der Waals surface area contributed by atoms with Crippen molar-refractivity contribution in [2.45, 2.75) is 13.5 Å². The fourth-order valence-corrected chi connectivity index (χ4v) is 1.90. The fourth-order valence-electron chi connectivity index (χ4n) is 1.90. The van der Waals surface area contributed by atoms with Crippen LogP contribution in [-0.2, 0) is 11.3 Å². The lowest BCUT2D eigenvalue weighted by Crippen LogP contribution is -2.08. The molecular formula is C12H11N3O3. The van der Waals surface area contributed by atoms with Crippen LogP contribution in [0.4, 0.5) is 0 Å². The summed E-state index contributed by atoms with van der Waals surface area (Å²) in [5.74, 6) is 0.348. The summed E-state index contributed by atoms with van der Waals surface area (Å²) in [6.45, 7) is 2.51. The first-order valence-corrected chi connectivity index (χ1v) is 5.63. The van der Waals surface area contributed by atoms with Gasteiger partial charge in [0.05, 0.1) is 12.2 Å². The van der Waals surface area contributed by atoms with E-state index in [1.165, 1.54) is 0 Å². The van der Waals surface area contributed by atoms with Crippen LogP contribution in [0.2, 0.25) is 0 Å². The van der Waals surface area contributed by atoms with Gasteiger partial charge in [0.1, 0.15) is 23.7 Å². The Balaban J connectivity index is 2.05. The third-order valence-electron chi connectivity index (χ3n) is 2.73. The molecule has 0 bridgehead atoms. The number of esters is 1. The number of benzene rings is 1. The molecule has 0 unspecified atom stereocenters. The monoisotopic (exact) mass is 245 g/mol. The van der Waals surface area contributed by atoms with E-state index in [4.69, 9.17) is 9.47 Å². The summed E-state index contributed by atoms with van der Waals surface area (Å²) in [5.41, 5.74) is 2.71. The van der Waals surface area contributed by atoms with Crippen molar-refractivity contribution in [1.29, 1.82) is 0 Å². The Labute approximate surface area is 103 Å². The van der Waals surface area contributed by atoms with Gasteiger partial charge in [-0.25, -0.2) is 4.79 Å². The van der Waals surface area contributed by atoms with E-state index in [2.05, 4.69) is 15.4 Å². The van der Waals surface area contributed by atoms with Crippen molar-refractivity contribution in [2.75, 3.05) is 6.61 Å². The number of rotatable bonds is 2. The Kier molecular flexibility index (Phi) is 2.47. The molecule has 92 valence electrons. The van der Waals surface area contributed by atoms with Gasteiger partial charge in [0, 0.05) is 5.56 Å². The lowest BCUT2D eigenvalue weighted by Gasteiger charge is -2.16. The third-order valence-corrected chi connectivity index (χ3v) is 2.73. The van der Waals surface area contributed by atoms with E-state index in [0.29, 0.717) is 24.5 Å². The topological polar surface area (TPSA) is 77.1 Å². The maximum Gasteiger partial charge on any atom is 0.338 e. The quantitative estimate of drug-likeness (QED) is 0.812. The fraction of sp³-hybridized carbons (Fsp3) is 0.250. The van der Waals surface area contributed by atoms with E-state index in [-0.39, 0.29) is 5.97 Å². The first-order chi connectivity index (χ1) is 8.79. The summed E-state index contributed by atoms with van der Waals surface area (Å²) in [7, 11) is 0. The van der Waals surface area contributed by atoms with E-state index in [1.54, 1.807) is 25.1 Å². The molecule has 1 aromatic carbocycles. The lowest BCUT2D eigenvalue weighted by molar-refractivity contribution is 0.0526. The molecule has 0 aliphatic carbocycles. The van der Waals surface area contributed by atoms with Crippen LogP contribution in [0.25, 0.3) is 11.3 Å². The van der Waals surface area contributed by atoms with Crippen LogP contribution in [0.3, 0.4) is 0 Å². The van der Waals surface area contributed by atoms with Crippen molar-refractivity contribution in [2.24, 2.45) is 0 Å². The molecule has 2 aromatic rings. The molecule has 0 amide bonds. The molecule has 2 heterocycles. The van der Waals surface area contributed by atoms with Crippen LogP contribution in [0.5, 0.6) is 5.75 Å². The minimum absolute atomic E-state index is 0.349. The van der Waals surface area contributed by atoms with Crippen molar-refractivity contribution in [1.82, 2.24) is 15.4 Å². The maximum atomic E-state index is 11.7. The second-order valence-corrected chi connectivity index (χ2v) is 3.84. The van der Waals surface area contributed by atoms with Crippen LogP contribution in [0.1, 0.15) is 23.0 Å². The van der Waals surface area contributed by atoms with Crippen molar-refractivity contribution in [3.05, 3.63) is 29.5 Å². The molecule has 6 nitrogen and oxygen atoms in total. The predicted octanol–water partition coefficient (Wildman–Crippen LogP) is 1.54. The molecule has 0 spiro atoms. The summed E-state index contributed by atoms with van der Waals surface area (Å²) >= 11 is 0. The largest absolute Gasteiger partial charge is 0.486 e. The number of fused-ring (bicyclic) bond motifs is 3. The van der Waals surface area contributed by atoms with Crippen molar-refractivity contribution in [3.63, 3.8) is 0 Å². The molecule has 3 rings (SSSR count). The van der Waals surface area contributed by atoms with Gasteiger partial charge in [-0.05, 0) is 25.1 Å². The minimum Gasteiger partial charge on any atom is -0.486 e. The van der Waals surface area contributed by atoms with Crippen LogP contribution in [-0.4, -0.2) is 28.0 Å². The number of H-pyrrole nitrogens is 1. The number of nitrogens with zero attached hydrogens (tertiary/aromatic N) is 2.